The Morgan fingerprint density at radius 2 is 1.91 bits per heavy atom. The summed E-state index contributed by atoms with van der Waals surface area (Å²) in [4.78, 5) is 16.4. The van der Waals surface area contributed by atoms with E-state index in [-0.39, 0.29) is 22.7 Å². The van der Waals surface area contributed by atoms with Gasteiger partial charge in [0.1, 0.15) is 0 Å². The fourth-order valence-electron chi connectivity index (χ4n) is 3.14. The Hall–Kier alpha value is -3.11. The molecule has 10 heteroatoms. The first-order valence-electron chi connectivity index (χ1n) is 9.85. The van der Waals surface area contributed by atoms with Crippen molar-refractivity contribution in [3.05, 3.63) is 77.9 Å². The molecule has 33 heavy (non-hydrogen) atoms. The molecule has 0 saturated heterocycles. The number of amides is 1. The van der Waals surface area contributed by atoms with Crippen molar-refractivity contribution in [2.45, 2.75) is 28.1 Å². The number of hydrogen-bond donors (Lipinski definition) is 4. The third kappa shape index (κ3) is 5.45. The number of fused-ring (bicyclic) bond motifs is 1. The van der Waals surface area contributed by atoms with Gasteiger partial charge in [-0.3, -0.25) is 4.79 Å². The van der Waals surface area contributed by atoms with Gasteiger partial charge in [0, 0.05) is 21.9 Å². The van der Waals surface area contributed by atoms with Crippen molar-refractivity contribution in [2.24, 2.45) is 0 Å². The van der Waals surface area contributed by atoms with E-state index in [9.17, 15) is 23.1 Å². The molecule has 1 aliphatic rings. The highest BCUT2D eigenvalue weighted by atomic mass is 32.2. The van der Waals surface area contributed by atoms with Gasteiger partial charge in [0.05, 0.1) is 27.8 Å². The van der Waals surface area contributed by atoms with Crippen LogP contribution in [-0.4, -0.2) is 22.2 Å². The summed E-state index contributed by atoms with van der Waals surface area (Å²) in [5.41, 5.74) is 0.884. The SMILES string of the molecule is CC1Sc2ccc(C(O)=[NH+]c3cccc(SNc4ccccc4C(F)(F)F)c3)cc2NC1=O. The first kappa shape index (κ1) is 23.1. The zero-order valence-electron chi connectivity index (χ0n) is 17.2. The van der Waals surface area contributed by atoms with Gasteiger partial charge in [-0.2, -0.15) is 18.2 Å². The lowest BCUT2D eigenvalue weighted by molar-refractivity contribution is -0.364. The second-order valence-electron chi connectivity index (χ2n) is 7.21. The lowest BCUT2D eigenvalue weighted by atomic mass is 10.2. The van der Waals surface area contributed by atoms with Gasteiger partial charge >= 0.3 is 12.1 Å². The Bertz CT molecular complexity index is 1230. The number of para-hydroxylation sites is 1. The van der Waals surface area contributed by atoms with Gasteiger partial charge in [0.15, 0.2) is 0 Å². The van der Waals surface area contributed by atoms with Crippen LogP contribution < -0.4 is 15.0 Å². The molecular weight excluding hydrogens is 471 g/mol. The minimum Gasteiger partial charge on any atom is -0.459 e. The molecule has 0 aromatic heterocycles. The van der Waals surface area contributed by atoms with Crippen LogP contribution in [0.25, 0.3) is 0 Å². The summed E-state index contributed by atoms with van der Waals surface area (Å²) in [6.07, 6.45) is -4.46. The van der Waals surface area contributed by atoms with Crippen LogP contribution in [0.5, 0.6) is 0 Å². The van der Waals surface area contributed by atoms with Gasteiger partial charge < -0.3 is 15.1 Å². The van der Waals surface area contributed by atoms with E-state index < -0.39 is 11.7 Å². The molecule has 1 heterocycles. The molecule has 1 unspecified atom stereocenters. The maximum atomic E-state index is 13.2. The number of rotatable bonds is 5. The number of nitrogens with one attached hydrogen (secondary N) is 3. The normalized spacial score (nSPS) is 16.2. The monoisotopic (exact) mass is 490 g/mol. The van der Waals surface area contributed by atoms with E-state index >= 15 is 0 Å². The minimum atomic E-state index is -4.46. The number of aliphatic hydroxyl groups is 1. The first-order valence-corrected chi connectivity index (χ1v) is 11.5. The molecule has 4 N–H and O–H groups in total. The number of thioether (sulfide) groups is 1. The second-order valence-corrected chi connectivity index (χ2v) is 9.47. The average Bonchev–Trinajstić information content (AvgIpc) is 2.78. The number of carbonyl (C=O) groups is 1. The molecular formula is C23H19F3N3O2S2+. The molecule has 3 aromatic carbocycles. The van der Waals surface area contributed by atoms with E-state index in [4.69, 9.17) is 0 Å². The van der Waals surface area contributed by atoms with Crippen LogP contribution in [0.3, 0.4) is 0 Å². The molecule has 0 spiro atoms. The number of benzene rings is 3. The van der Waals surface area contributed by atoms with Gasteiger partial charge in [-0.05, 0) is 55.3 Å². The van der Waals surface area contributed by atoms with Crippen LogP contribution in [0, 0.1) is 0 Å². The number of aliphatic hydroxyl groups excluding tert-OH is 1. The minimum absolute atomic E-state index is 0.0360. The summed E-state index contributed by atoms with van der Waals surface area (Å²) in [6.45, 7) is 1.82. The van der Waals surface area contributed by atoms with E-state index in [2.05, 4.69) is 15.0 Å². The maximum Gasteiger partial charge on any atom is 0.418 e. The zero-order chi connectivity index (χ0) is 23.6. The van der Waals surface area contributed by atoms with Crippen molar-refractivity contribution < 1.29 is 28.1 Å². The van der Waals surface area contributed by atoms with Crippen LogP contribution in [0.2, 0.25) is 0 Å². The molecule has 3 aromatic rings. The van der Waals surface area contributed by atoms with Crippen molar-refractivity contribution in [3.63, 3.8) is 0 Å². The predicted octanol–water partition coefficient (Wildman–Crippen LogP) is 4.97. The molecule has 0 saturated carbocycles. The number of hydrogen-bond acceptors (Lipinski definition) is 4. The Labute approximate surface area is 196 Å². The van der Waals surface area contributed by atoms with E-state index in [0.29, 0.717) is 21.8 Å². The molecule has 0 radical (unpaired) electrons. The van der Waals surface area contributed by atoms with Gasteiger partial charge in [-0.15, -0.1) is 11.8 Å². The lowest BCUT2D eigenvalue weighted by Crippen LogP contribution is -2.66. The average molecular weight is 491 g/mol. The topological polar surface area (TPSA) is 75.3 Å². The number of anilines is 2. The third-order valence-corrected chi connectivity index (χ3v) is 6.78. The van der Waals surface area contributed by atoms with Gasteiger partial charge in [-0.1, -0.05) is 18.2 Å². The Kier molecular flexibility index (Phi) is 6.57. The quantitative estimate of drug-likeness (QED) is 0.231. The third-order valence-electron chi connectivity index (χ3n) is 4.79. The molecule has 5 nitrogen and oxygen atoms in total. The Morgan fingerprint density at radius 1 is 1.12 bits per heavy atom. The second kappa shape index (κ2) is 9.40. The summed E-state index contributed by atoms with van der Waals surface area (Å²) < 4.78 is 42.3. The maximum absolute atomic E-state index is 13.2. The van der Waals surface area contributed by atoms with Gasteiger partial charge in [-0.25, -0.2) is 0 Å². The lowest BCUT2D eigenvalue weighted by Gasteiger charge is -2.21. The molecule has 1 amide bonds. The molecule has 1 atom stereocenters. The molecule has 4 rings (SSSR count). The summed E-state index contributed by atoms with van der Waals surface area (Å²) in [5.74, 6) is -0.213. The number of carbonyl (C=O) groups excluding carboxylic acids is 1. The number of halogens is 3. The van der Waals surface area contributed by atoms with Crippen molar-refractivity contribution in [1.29, 1.82) is 0 Å². The summed E-state index contributed by atoms with van der Waals surface area (Å²) in [5, 5.41) is 13.2. The molecule has 0 bridgehead atoms. The summed E-state index contributed by atoms with van der Waals surface area (Å²) in [6, 6.07) is 17.4. The van der Waals surface area contributed by atoms with Crippen LogP contribution in [0.4, 0.5) is 30.2 Å². The number of alkyl halides is 3. The smallest absolute Gasteiger partial charge is 0.418 e. The predicted molar refractivity (Wildman–Crippen MR) is 125 cm³/mol. The van der Waals surface area contributed by atoms with Crippen molar-refractivity contribution in [1.82, 2.24) is 0 Å². The van der Waals surface area contributed by atoms with E-state index in [1.54, 1.807) is 36.4 Å². The standard InChI is InChI=1S/C23H18F3N3O2S2/c1-13-21(30)28-19-11-14(9-10-20(19)32-13)22(31)27-15-5-4-6-16(12-15)33-29-18-8-3-2-7-17(18)23(24,25)26/h2-13,29H,1H3,(H,27,31)(H,28,30)/p+1. The van der Waals surface area contributed by atoms with E-state index in [1.165, 1.54) is 30.0 Å². The Balaban J connectivity index is 1.51. The first-order chi connectivity index (χ1) is 15.7. The highest BCUT2D eigenvalue weighted by Gasteiger charge is 2.33. The highest BCUT2D eigenvalue weighted by molar-refractivity contribution is 8.01. The highest BCUT2D eigenvalue weighted by Crippen LogP contribution is 2.37. The van der Waals surface area contributed by atoms with Crippen molar-refractivity contribution in [2.75, 3.05) is 10.0 Å². The largest absolute Gasteiger partial charge is 0.459 e. The molecule has 0 fully saturated rings. The summed E-state index contributed by atoms with van der Waals surface area (Å²) in [7, 11) is 0. The van der Waals surface area contributed by atoms with Crippen LogP contribution in [0.1, 0.15) is 18.1 Å². The summed E-state index contributed by atoms with van der Waals surface area (Å²) >= 11 is 2.48. The fraction of sp³-hybridized carbons (Fsp3) is 0.130. The van der Waals surface area contributed by atoms with E-state index in [1.807, 2.05) is 13.0 Å². The van der Waals surface area contributed by atoms with Crippen LogP contribution >= 0.6 is 23.7 Å². The zero-order valence-corrected chi connectivity index (χ0v) is 18.9. The molecule has 1 aliphatic heterocycles. The van der Waals surface area contributed by atoms with Crippen LogP contribution in [0.15, 0.2) is 76.5 Å². The van der Waals surface area contributed by atoms with Crippen LogP contribution in [-0.2, 0) is 11.0 Å². The fourth-order valence-corrected chi connectivity index (χ4v) is 4.80. The van der Waals surface area contributed by atoms with Gasteiger partial charge in [0.2, 0.25) is 11.6 Å². The van der Waals surface area contributed by atoms with Crippen molar-refractivity contribution >= 4 is 52.6 Å². The van der Waals surface area contributed by atoms with Gasteiger partial charge in [0.25, 0.3) is 0 Å². The van der Waals surface area contributed by atoms with Crippen molar-refractivity contribution in [3.8, 4) is 0 Å². The Morgan fingerprint density at radius 3 is 2.70 bits per heavy atom. The molecule has 0 aliphatic carbocycles. The van der Waals surface area contributed by atoms with E-state index in [0.717, 1.165) is 22.9 Å². The molecule has 170 valence electrons.